The highest BCUT2D eigenvalue weighted by atomic mass is 19.4. The third kappa shape index (κ3) is 2.21. The zero-order valence-corrected chi connectivity index (χ0v) is 8.01. The second kappa shape index (κ2) is 3.62. The number of nitrogens with zero attached hydrogens (tertiary/aromatic N) is 1. The van der Waals surface area contributed by atoms with Crippen molar-refractivity contribution in [2.24, 2.45) is 4.99 Å². The first kappa shape index (κ1) is 10.7. The van der Waals surface area contributed by atoms with E-state index in [4.69, 9.17) is 5.41 Å². The first-order chi connectivity index (χ1) is 7.46. The number of hydrogen-bond donors (Lipinski definition) is 1. The van der Waals surface area contributed by atoms with Gasteiger partial charge in [0.25, 0.3) is 0 Å². The third-order valence-corrected chi connectivity index (χ3v) is 2.02. The van der Waals surface area contributed by atoms with Crippen LogP contribution in [0.3, 0.4) is 0 Å². The fraction of sp³-hybridized carbons (Fsp3) is 0.200. The summed E-state index contributed by atoms with van der Waals surface area (Å²) in [5.74, 6) is 0.124. The molecule has 1 aliphatic rings. The number of amidine groups is 1. The largest absolute Gasteiger partial charge is 0.484 e. The van der Waals surface area contributed by atoms with Gasteiger partial charge in [0.05, 0.1) is 0 Å². The van der Waals surface area contributed by atoms with Gasteiger partial charge in [0.15, 0.2) is 12.4 Å². The van der Waals surface area contributed by atoms with Crippen molar-refractivity contribution in [1.29, 1.82) is 5.41 Å². The van der Waals surface area contributed by atoms with Gasteiger partial charge >= 0.3 is 6.18 Å². The van der Waals surface area contributed by atoms with Crippen molar-refractivity contribution in [3.8, 4) is 5.75 Å². The minimum atomic E-state index is -4.36. The van der Waals surface area contributed by atoms with Crippen LogP contribution in [0.1, 0.15) is 11.1 Å². The zero-order chi connectivity index (χ0) is 11.8. The topological polar surface area (TPSA) is 45.4 Å². The SMILES string of the molecule is N=C1N=Cc2ccc(OCC(F)(F)F)cc21. The molecule has 6 heteroatoms. The minimum absolute atomic E-state index is 0.0347. The van der Waals surface area contributed by atoms with Crippen molar-refractivity contribution in [1.82, 2.24) is 0 Å². The van der Waals surface area contributed by atoms with Crippen LogP contribution in [0.4, 0.5) is 13.2 Å². The number of nitrogens with one attached hydrogen (secondary N) is 1. The summed E-state index contributed by atoms with van der Waals surface area (Å²) in [7, 11) is 0. The Morgan fingerprint density at radius 3 is 2.75 bits per heavy atom. The fourth-order valence-corrected chi connectivity index (χ4v) is 1.31. The van der Waals surface area contributed by atoms with Gasteiger partial charge in [0.1, 0.15) is 5.75 Å². The lowest BCUT2D eigenvalue weighted by molar-refractivity contribution is -0.153. The van der Waals surface area contributed by atoms with Gasteiger partial charge in [-0.05, 0) is 18.2 Å². The summed E-state index contributed by atoms with van der Waals surface area (Å²) in [6.45, 7) is -1.33. The van der Waals surface area contributed by atoms with Gasteiger partial charge in [-0.3, -0.25) is 5.41 Å². The quantitative estimate of drug-likeness (QED) is 0.829. The smallest absolute Gasteiger partial charge is 0.422 e. The zero-order valence-electron chi connectivity index (χ0n) is 8.01. The predicted octanol–water partition coefficient (Wildman–Crippen LogP) is 2.39. The van der Waals surface area contributed by atoms with Crippen molar-refractivity contribution in [2.45, 2.75) is 6.18 Å². The Hall–Kier alpha value is -1.85. The predicted molar refractivity (Wildman–Crippen MR) is 52.4 cm³/mol. The summed E-state index contributed by atoms with van der Waals surface area (Å²) in [6, 6.07) is 4.39. The first-order valence-corrected chi connectivity index (χ1v) is 4.42. The molecule has 0 atom stereocenters. The number of alkyl halides is 3. The standard InChI is InChI=1S/C10H7F3N2O/c11-10(12,13)5-16-7-2-1-6-4-15-9(14)8(6)3-7/h1-4,14H,5H2. The Kier molecular flexibility index (Phi) is 2.41. The monoisotopic (exact) mass is 228 g/mol. The molecule has 1 N–H and O–H groups in total. The van der Waals surface area contributed by atoms with E-state index in [1.807, 2.05) is 0 Å². The van der Waals surface area contributed by atoms with Crippen LogP contribution >= 0.6 is 0 Å². The molecule has 16 heavy (non-hydrogen) atoms. The number of fused-ring (bicyclic) bond motifs is 1. The molecule has 0 aromatic heterocycles. The maximum Gasteiger partial charge on any atom is 0.422 e. The van der Waals surface area contributed by atoms with Crippen molar-refractivity contribution in [3.05, 3.63) is 29.3 Å². The average molecular weight is 228 g/mol. The number of rotatable bonds is 2. The molecule has 0 amide bonds. The molecule has 0 radical (unpaired) electrons. The van der Waals surface area contributed by atoms with Crippen molar-refractivity contribution in [2.75, 3.05) is 6.61 Å². The summed E-state index contributed by atoms with van der Waals surface area (Å²) in [4.78, 5) is 3.73. The Bertz CT molecular complexity index is 466. The van der Waals surface area contributed by atoms with Crippen molar-refractivity contribution >= 4 is 12.1 Å². The molecule has 0 spiro atoms. The van der Waals surface area contributed by atoms with E-state index in [-0.39, 0.29) is 11.6 Å². The van der Waals surface area contributed by atoms with Crippen LogP contribution < -0.4 is 4.74 Å². The number of ether oxygens (including phenoxy) is 1. The van der Waals surface area contributed by atoms with Crippen LogP contribution in [0, 0.1) is 5.41 Å². The van der Waals surface area contributed by atoms with Gasteiger partial charge in [-0.1, -0.05) is 0 Å². The van der Waals surface area contributed by atoms with Crippen LogP contribution in [0.15, 0.2) is 23.2 Å². The summed E-state index contributed by atoms with van der Waals surface area (Å²) in [5, 5.41) is 7.41. The van der Waals surface area contributed by atoms with E-state index >= 15 is 0 Å². The van der Waals surface area contributed by atoms with Crippen molar-refractivity contribution < 1.29 is 17.9 Å². The second-order valence-corrected chi connectivity index (χ2v) is 3.26. The highest BCUT2D eigenvalue weighted by Gasteiger charge is 2.28. The van der Waals surface area contributed by atoms with Gasteiger partial charge in [-0.15, -0.1) is 0 Å². The van der Waals surface area contributed by atoms with Gasteiger partial charge < -0.3 is 4.74 Å². The maximum absolute atomic E-state index is 11.9. The third-order valence-electron chi connectivity index (χ3n) is 2.02. The lowest BCUT2D eigenvalue weighted by Gasteiger charge is -2.09. The molecule has 0 saturated carbocycles. The molecular weight excluding hydrogens is 221 g/mol. The molecule has 1 aliphatic heterocycles. The molecule has 2 rings (SSSR count). The Labute approximate surface area is 89.1 Å². The number of halogens is 3. The molecule has 84 valence electrons. The molecule has 0 unspecified atom stereocenters. The lowest BCUT2D eigenvalue weighted by Crippen LogP contribution is -2.19. The molecule has 0 fully saturated rings. The minimum Gasteiger partial charge on any atom is -0.484 e. The molecule has 1 heterocycles. The molecule has 0 bridgehead atoms. The van der Waals surface area contributed by atoms with E-state index < -0.39 is 12.8 Å². The van der Waals surface area contributed by atoms with Crippen LogP contribution in [-0.2, 0) is 0 Å². The Morgan fingerprint density at radius 1 is 1.31 bits per heavy atom. The summed E-state index contributed by atoms with van der Waals surface area (Å²) in [5.41, 5.74) is 1.20. The summed E-state index contributed by atoms with van der Waals surface area (Å²) in [6.07, 6.45) is -2.87. The van der Waals surface area contributed by atoms with Gasteiger partial charge in [0, 0.05) is 17.3 Å². The van der Waals surface area contributed by atoms with E-state index in [1.165, 1.54) is 18.3 Å². The molecule has 0 aliphatic carbocycles. The molecular formula is C10H7F3N2O. The fourth-order valence-electron chi connectivity index (χ4n) is 1.31. The summed E-state index contributed by atoms with van der Waals surface area (Å²) < 4.78 is 40.3. The van der Waals surface area contributed by atoms with Crippen LogP contribution in [0.2, 0.25) is 0 Å². The normalized spacial score (nSPS) is 14.1. The number of benzene rings is 1. The average Bonchev–Trinajstić information content (AvgIpc) is 2.56. The molecule has 3 nitrogen and oxygen atoms in total. The van der Waals surface area contributed by atoms with Crippen LogP contribution in [0.5, 0.6) is 5.75 Å². The lowest BCUT2D eigenvalue weighted by atomic mass is 10.1. The second-order valence-electron chi connectivity index (χ2n) is 3.26. The van der Waals surface area contributed by atoms with E-state index in [0.29, 0.717) is 11.1 Å². The van der Waals surface area contributed by atoms with Gasteiger partial charge in [-0.2, -0.15) is 13.2 Å². The number of hydrogen-bond acceptors (Lipinski definition) is 2. The highest BCUT2D eigenvalue weighted by molar-refractivity contribution is 6.14. The van der Waals surface area contributed by atoms with Gasteiger partial charge in [-0.25, -0.2) is 4.99 Å². The first-order valence-electron chi connectivity index (χ1n) is 4.42. The van der Waals surface area contributed by atoms with E-state index in [2.05, 4.69) is 9.73 Å². The van der Waals surface area contributed by atoms with Crippen molar-refractivity contribution in [3.63, 3.8) is 0 Å². The van der Waals surface area contributed by atoms with Crippen LogP contribution in [0.25, 0.3) is 0 Å². The maximum atomic E-state index is 11.9. The molecule has 1 aromatic carbocycles. The molecule has 0 saturated heterocycles. The molecule has 1 aromatic rings. The Balaban J connectivity index is 2.14. The number of aliphatic imine (C=N–C) groups is 1. The Morgan fingerprint density at radius 2 is 2.06 bits per heavy atom. The van der Waals surface area contributed by atoms with Crippen LogP contribution in [-0.4, -0.2) is 24.8 Å². The van der Waals surface area contributed by atoms with E-state index in [9.17, 15) is 13.2 Å². The van der Waals surface area contributed by atoms with E-state index in [0.717, 1.165) is 0 Å². The summed E-state index contributed by atoms with van der Waals surface area (Å²) >= 11 is 0. The van der Waals surface area contributed by atoms with E-state index in [1.54, 1.807) is 6.07 Å². The highest BCUT2D eigenvalue weighted by Crippen LogP contribution is 2.23. The van der Waals surface area contributed by atoms with Gasteiger partial charge in [0.2, 0.25) is 0 Å².